The molecule has 5 rings (SSSR count). The van der Waals surface area contributed by atoms with Gasteiger partial charge in [0.2, 0.25) is 17.6 Å². The number of benzene rings is 2. The molecule has 0 saturated carbocycles. The number of aromatic nitrogens is 3. The van der Waals surface area contributed by atoms with Gasteiger partial charge in [0.15, 0.2) is 0 Å². The minimum Gasteiger partial charge on any atom is -0.340 e. The van der Waals surface area contributed by atoms with Gasteiger partial charge in [-0.15, -0.1) is 0 Å². The van der Waals surface area contributed by atoms with Crippen LogP contribution in [0, 0.1) is 15.9 Å². The first-order valence-electron chi connectivity index (χ1n) is 10.6. The summed E-state index contributed by atoms with van der Waals surface area (Å²) in [5.74, 6) is 0.230. The Morgan fingerprint density at radius 1 is 1.24 bits per heavy atom. The third kappa shape index (κ3) is 4.19. The van der Waals surface area contributed by atoms with Crippen LogP contribution in [-0.4, -0.2) is 43.5 Å². The first-order valence-corrected chi connectivity index (χ1v) is 10.6. The van der Waals surface area contributed by atoms with Gasteiger partial charge in [-0.3, -0.25) is 14.9 Å². The topological polar surface area (TPSA) is 107 Å². The lowest BCUT2D eigenvalue weighted by molar-refractivity contribution is -0.384. The standard InChI is InChI=1S/C23H20FN5O4/c24-18-5-1-3-16(11-18)22-25-23(33-26-22)17-4-2-9-28(13-17)21(30)14-27-10-8-15-12-19(29(31)32)6-7-20(15)27/h1,3,5-8,10-12,17H,2,4,9,13-14H2. The number of fused-ring (bicyclic) bond motifs is 1. The molecule has 10 heteroatoms. The van der Waals surface area contributed by atoms with E-state index in [2.05, 4.69) is 10.1 Å². The fourth-order valence-corrected chi connectivity index (χ4v) is 4.24. The van der Waals surface area contributed by atoms with Crippen LogP contribution in [0.5, 0.6) is 0 Å². The van der Waals surface area contributed by atoms with Crippen molar-refractivity contribution in [1.29, 1.82) is 0 Å². The van der Waals surface area contributed by atoms with Crippen molar-refractivity contribution in [2.24, 2.45) is 0 Å². The molecule has 1 aliphatic rings. The molecule has 1 atom stereocenters. The molecule has 168 valence electrons. The summed E-state index contributed by atoms with van der Waals surface area (Å²) in [5.41, 5.74) is 1.32. The predicted molar refractivity (Wildman–Crippen MR) is 117 cm³/mol. The number of hydrogen-bond acceptors (Lipinski definition) is 6. The van der Waals surface area contributed by atoms with Gasteiger partial charge < -0.3 is 14.0 Å². The molecule has 1 amide bonds. The van der Waals surface area contributed by atoms with Crippen molar-refractivity contribution < 1.29 is 18.6 Å². The third-order valence-corrected chi connectivity index (χ3v) is 5.92. The van der Waals surface area contributed by atoms with Gasteiger partial charge in [0.1, 0.15) is 12.4 Å². The molecule has 0 radical (unpaired) electrons. The number of rotatable bonds is 5. The van der Waals surface area contributed by atoms with Crippen molar-refractivity contribution >= 4 is 22.5 Å². The molecule has 3 heterocycles. The maximum atomic E-state index is 13.5. The number of amides is 1. The molecule has 9 nitrogen and oxygen atoms in total. The minimum atomic E-state index is -0.437. The second-order valence-corrected chi connectivity index (χ2v) is 8.09. The average molecular weight is 449 g/mol. The maximum Gasteiger partial charge on any atom is 0.270 e. The number of hydrogen-bond donors (Lipinski definition) is 0. The zero-order chi connectivity index (χ0) is 22.9. The Morgan fingerprint density at radius 3 is 2.94 bits per heavy atom. The molecule has 0 N–H and O–H groups in total. The van der Waals surface area contributed by atoms with Gasteiger partial charge in [0.05, 0.1) is 10.8 Å². The van der Waals surface area contributed by atoms with Crippen LogP contribution in [0.15, 0.2) is 59.3 Å². The van der Waals surface area contributed by atoms with Gasteiger partial charge in [-0.05, 0) is 37.1 Å². The van der Waals surface area contributed by atoms with Crippen LogP contribution in [0.1, 0.15) is 24.7 Å². The van der Waals surface area contributed by atoms with Crippen molar-refractivity contribution in [1.82, 2.24) is 19.6 Å². The summed E-state index contributed by atoms with van der Waals surface area (Å²) in [4.78, 5) is 29.8. The summed E-state index contributed by atoms with van der Waals surface area (Å²) in [7, 11) is 0. The fourth-order valence-electron chi connectivity index (χ4n) is 4.24. The minimum absolute atomic E-state index is 0.0163. The molecule has 1 saturated heterocycles. The van der Waals surface area contributed by atoms with Crippen molar-refractivity contribution in [3.63, 3.8) is 0 Å². The fraction of sp³-hybridized carbons (Fsp3) is 0.261. The first kappa shape index (κ1) is 20.8. The first-order chi connectivity index (χ1) is 16.0. The highest BCUT2D eigenvalue weighted by Crippen LogP contribution is 2.28. The number of nitrogens with zero attached hydrogens (tertiary/aromatic N) is 5. The SMILES string of the molecule is O=C(Cn1ccc2cc([N+](=O)[O-])ccc21)N1CCCC(c2nc(-c3cccc(F)c3)no2)C1. The number of nitro groups is 1. The smallest absolute Gasteiger partial charge is 0.270 e. The van der Waals surface area contributed by atoms with E-state index in [-0.39, 0.29) is 29.9 Å². The molecule has 0 spiro atoms. The molecule has 4 aromatic rings. The van der Waals surface area contributed by atoms with E-state index in [9.17, 15) is 19.3 Å². The van der Waals surface area contributed by atoms with E-state index < -0.39 is 4.92 Å². The lowest BCUT2D eigenvalue weighted by atomic mass is 9.98. The van der Waals surface area contributed by atoms with Gasteiger partial charge >= 0.3 is 0 Å². The van der Waals surface area contributed by atoms with Crippen molar-refractivity contribution in [3.05, 3.63) is 76.6 Å². The Hall–Kier alpha value is -4.08. The summed E-state index contributed by atoms with van der Waals surface area (Å²) < 4.78 is 20.7. The van der Waals surface area contributed by atoms with Crippen molar-refractivity contribution in [2.45, 2.75) is 25.3 Å². The van der Waals surface area contributed by atoms with Crippen LogP contribution in [0.2, 0.25) is 0 Å². The molecule has 0 bridgehead atoms. The van der Waals surface area contributed by atoms with E-state index in [0.717, 1.165) is 18.4 Å². The molecule has 1 fully saturated rings. The van der Waals surface area contributed by atoms with Crippen LogP contribution >= 0.6 is 0 Å². The van der Waals surface area contributed by atoms with Crippen LogP contribution < -0.4 is 0 Å². The molecule has 0 aliphatic carbocycles. The number of non-ortho nitro benzene ring substituents is 1. The Kier molecular flexibility index (Phi) is 5.33. The van der Waals surface area contributed by atoms with Gasteiger partial charge in [-0.2, -0.15) is 4.98 Å². The van der Waals surface area contributed by atoms with Crippen LogP contribution in [0.3, 0.4) is 0 Å². The largest absolute Gasteiger partial charge is 0.340 e. The normalized spacial score (nSPS) is 16.3. The van der Waals surface area contributed by atoms with E-state index >= 15 is 0 Å². The summed E-state index contributed by atoms with van der Waals surface area (Å²) >= 11 is 0. The number of carbonyl (C=O) groups excluding carboxylic acids is 1. The summed E-state index contributed by atoms with van der Waals surface area (Å²) in [6, 6.07) is 12.4. The highest BCUT2D eigenvalue weighted by molar-refractivity contribution is 5.85. The zero-order valence-electron chi connectivity index (χ0n) is 17.6. The number of nitro benzene ring substituents is 1. The molecule has 2 aromatic heterocycles. The van der Waals surface area contributed by atoms with Gasteiger partial charge in [-0.1, -0.05) is 17.3 Å². The summed E-state index contributed by atoms with van der Waals surface area (Å²) in [6.45, 7) is 1.21. The van der Waals surface area contributed by atoms with Gasteiger partial charge in [-0.25, -0.2) is 4.39 Å². The highest BCUT2D eigenvalue weighted by atomic mass is 19.1. The number of likely N-dealkylation sites (tertiary alicyclic amines) is 1. The van der Waals surface area contributed by atoms with Gasteiger partial charge in [0, 0.05) is 47.9 Å². The number of carbonyl (C=O) groups is 1. The van der Waals surface area contributed by atoms with E-state index in [1.165, 1.54) is 24.3 Å². The van der Waals surface area contributed by atoms with E-state index in [1.54, 1.807) is 39.9 Å². The van der Waals surface area contributed by atoms with Crippen molar-refractivity contribution in [2.75, 3.05) is 13.1 Å². The Bertz CT molecular complexity index is 1350. The lowest BCUT2D eigenvalue weighted by Gasteiger charge is -2.31. The van der Waals surface area contributed by atoms with Crippen LogP contribution in [0.4, 0.5) is 10.1 Å². The Balaban J connectivity index is 1.29. The lowest BCUT2D eigenvalue weighted by Crippen LogP contribution is -2.40. The second-order valence-electron chi connectivity index (χ2n) is 8.09. The Morgan fingerprint density at radius 2 is 2.12 bits per heavy atom. The zero-order valence-corrected chi connectivity index (χ0v) is 17.6. The van der Waals surface area contributed by atoms with Crippen molar-refractivity contribution in [3.8, 4) is 11.4 Å². The summed E-state index contributed by atoms with van der Waals surface area (Å²) in [5, 5.41) is 15.7. The monoisotopic (exact) mass is 449 g/mol. The summed E-state index contributed by atoms with van der Waals surface area (Å²) in [6.07, 6.45) is 3.37. The molecule has 1 unspecified atom stereocenters. The molecule has 33 heavy (non-hydrogen) atoms. The molecular weight excluding hydrogens is 429 g/mol. The van der Waals surface area contributed by atoms with E-state index in [1.807, 2.05) is 0 Å². The molecule has 2 aromatic carbocycles. The predicted octanol–water partition coefficient (Wildman–Crippen LogP) is 4.14. The van der Waals surface area contributed by atoms with E-state index in [4.69, 9.17) is 4.52 Å². The highest BCUT2D eigenvalue weighted by Gasteiger charge is 2.29. The second kappa shape index (κ2) is 8.45. The number of halogens is 1. The molecule has 1 aliphatic heterocycles. The van der Waals surface area contributed by atoms with E-state index in [0.29, 0.717) is 35.8 Å². The maximum absolute atomic E-state index is 13.5. The number of piperidine rings is 1. The average Bonchev–Trinajstić information content (AvgIpc) is 3.47. The third-order valence-electron chi connectivity index (χ3n) is 5.92. The van der Waals surface area contributed by atoms with Crippen LogP contribution in [0.25, 0.3) is 22.3 Å². The molecular formula is C23H20FN5O4. The van der Waals surface area contributed by atoms with Gasteiger partial charge in [0.25, 0.3) is 5.69 Å². The van der Waals surface area contributed by atoms with Crippen LogP contribution in [-0.2, 0) is 11.3 Å². The Labute approximate surface area is 187 Å². The quantitative estimate of drug-likeness (QED) is 0.335.